The quantitative estimate of drug-likeness (QED) is 0.840. The molecule has 102 valence electrons. The molecule has 2 aromatic rings. The second kappa shape index (κ2) is 4.34. The summed E-state index contributed by atoms with van der Waals surface area (Å²) in [5, 5.41) is 0. The summed E-state index contributed by atoms with van der Waals surface area (Å²) < 4.78 is 20.7. The van der Waals surface area contributed by atoms with Crippen LogP contribution in [-0.2, 0) is 10.5 Å². The number of benzene rings is 2. The second-order valence-electron chi connectivity index (χ2n) is 4.77. The van der Waals surface area contributed by atoms with Crippen LogP contribution in [0.1, 0.15) is 11.1 Å². The molecule has 1 heterocycles. The Kier molecular flexibility index (Phi) is 2.74. The molecule has 0 aliphatic carbocycles. The number of alkyl halides is 1. The van der Waals surface area contributed by atoms with Crippen molar-refractivity contribution in [1.82, 2.24) is 0 Å². The molecule has 20 heavy (non-hydrogen) atoms. The number of amides is 1. The Morgan fingerprint density at radius 2 is 1.90 bits per heavy atom. The topological polar surface area (TPSA) is 29.5 Å². The van der Waals surface area contributed by atoms with Gasteiger partial charge in [0, 0.05) is 18.2 Å². The minimum absolute atomic E-state index is 0.290. The maximum absolute atomic E-state index is 15.6. The SMILES string of the molecule is COc1cccc([C@@]2(F)C(=O)N(C)c3ccccc32)c1. The van der Waals surface area contributed by atoms with Gasteiger partial charge in [-0.05, 0) is 18.2 Å². The van der Waals surface area contributed by atoms with Crippen molar-refractivity contribution in [3.63, 3.8) is 0 Å². The standard InChI is InChI=1S/C16H14FNO2/c1-18-14-9-4-3-8-13(14)16(17,15(18)19)11-6-5-7-12(10-11)20-2/h3-10H,1-2H3/t16-/m0/s1. The highest BCUT2D eigenvalue weighted by Gasteiger charge is 2.51. The fourth-order valence-corrected chi connectivity index (χ4v) is 2.63. The Bertz CT molecular complexity index is 686. The van der Waals surface area contributed by atoms with Crippen LogP contribution in [-0.4, -0.2) is 20.1 Å². The number of hydrogen-bond acceptors (Lipinski definition) is 2. The molecule has 1 atom stereocenters. The fraction of sp³-hybridized carbons (Fsp3) is 0.188. The number of anilines is 1. The molecule has 0 unspecified atom stereocenters. The van der Waals surface area contributed by atoms with E-state index in [9.17, 15) is 4.79 Å². The molecule has 1 amide bonds. The Morgan fingerprint density at radius 3 is 2.65 bits per heavy atom. The number of carbonyl (C=O) groups is 1. The molecule has 3 nitrogen and oxygen atoms in total. The van der Waals surface area contributed by atoms with Crippen molar-refractivity contribution in [2.45, 2.75) is 5.67 Å². The fourth-order valence-electron chi connectivity index (χ4n) is 2.63. The molecule has 4 heteroatoms. The van der Waals surface area contributed by atoms with E-state index in [1.807, 2.05) is 0 Å². The predicted octanol–water partition coefficient (Wildman–Crippen LogP) is 2.88. The summed E-state index contributed by atoms with van der Waals surface area (Å²) in [6, 6.07) is 13.5. The summed E-state index contributed by atoms with van der Waals surface area (Å²) in [5.41, 5.74) is -0.887. The van der Waals surface area contributed by atoms with Crippen LogP contribution in [0.3, 0.4) is 0 Å². The largest absolute Gasteiger partial charge is 0.497 e. The first-order chi connectivity index (χ1) is 9.59. The number of carbonyl (C=O) groups excluding carboxylic acids is 1. The van der Waals surface area contributed by atoms with Crippen molar-refractivity contribution in [3.05, 3.63) is 59.7 Å². The number of para-hydroxylation sites is 1. The van der Waals surface area contributed by atoms with E-state index in [-0.39, 0.29) is 0 Å². The van der Waals surface area contributed by atoms with Gasteiger partial charge in [0.2, 0.25) is 5.67 Å². The van der Waals surface area contributed by atoms with E-state index >= 15 is 4.39 Å². The highest BCUT2D eigenvalue weighted by molar-refractivity contribution is 6.08. The molecule has 0 fully saturated rings. The zero-order chi connectivity index (χ0) is 14.3. The third kappa shape index (κ3) is 1.54. The van der Waals surface area contributed by atoms with E-state index < -0.39 is 11.6 Å². The van der Waals surface area contributed by atoms with Gasteiger partial charge in [-0.3, -0.25) is 4.79 Å². The van der Waals surface area contributed by atoms with Gasteiger partial charge in [0.25, 0.3) is 5.91 Å². The van der Waals surface area contributed by atoms with Gasteiger partial charge in [0.05, 0.1) is 12.8 Å². The van der Waals surface area contributed by atoms with Gasteiger partial charge < -0.3 is 9.64 Å². The van der Waals surface area contributed by atoms with Gasteiger partial charge >= 0.3 is 0 Å². The first-order valence-electron chi connectivity index (χ1n) is 6.30. The monoisotopic (exact) mass is 271 g/mol. The van der Waals surface area contributed by atoms with Crippen molar-refractivity contribution in [3.8, 4) is 5.75 Å². The second-order valence-corrected chi connectivity index (χ2v) is 4.77. The van der Waals surface area contributed by atoms with E-state index in [0.29, 0.717) is 22.6 Å². The van der Waals surface area contributed by atoms with Crippen LogP contribution in [0.5, 0.6) is 5.75 Å². The molecule has 3 rings (SSSR count). The number of fused-ring (bicyclic) bond motifs is 1. The van der Waals surface area contributed by atoms with Crippen molar-refractivity contribution < 1.29 is 13.9 Å². The number of halogens is 1. The molecular formula is C16H14FNO2. The van der Waals surface area contributed by atoms with Crippen molar-refractivity contribution in [2.24, 2.45) is 0 Å². The lowest BCUT2D eigenvalue weighted by molar-refractivity contribution is -0.126. The van der Waals surface area contributed by atoms with E-state index in [2.05, 4.69) is 0 Å². The summed E-state index contributed by atoms with van der Waals surface area (Å²) in [6.07, 6.45) is 0. The molecule has 0 radical (unpaired) electrons. The van der Waals surface area contributed by atoms with Crippen LogP contribution >= 0.6 is 0 Å². The maximum Gasteiger partial charge on any atom is 0.273 e. The lowest BCUT2D eigenvalue weighted by atomic mass is 9.89. The Morgan fingerprint density at radius 1 is 1.15 bits per heavy atom. The normalized spacial score (nSPS) is 20.9. The number of nitrogens with zero attached hydrogens (tertiary/aromatic N) is 1. The molecule has 1 aliphatic rings. The number of rotatable bonds is 2. The molecule has 0 spiro atoms. The number of ether oxygens (including phenoxy) is 1. The van der Waals surface area contributed by atoms with Gasteiger partial charge in [0.1, 0.15) is 5.75 Å². The average molecular weight is 271 g/mol. The van der Waals surface area contributed by atoms with Crippen LogP contribution in [0.4, 0.5) is 10.1 Å². The maximum atomic E-state index is 15.6. The first kappa shape index (κ1) is 12.7. The third-order valence-corrected chi connectivity index (χ3v) is 3.70. The molecule has 0 aromatic heterocycles. The van der Waals surface area contributed by atoms with Gasteiger partial charge in [-0.1, -0.05) is 30.3 Å². The predicted molar refractivity (Wildman–Crippen MR) is 74.7 cm³/mol. The summed E-state index contributed by atoms with van der Waals surface area (Å²) >= 11 is 0. The van der Waals surface area contributed by atoms with Crippen LogP contribution < -0.4 is 9.64 Å². The molecule has 0 N–H and O–H groups in total. The molecule has 0 bridgehead atoms. The lowest BCUT2D eigenvalue weighted by Crippen LogP contribution is -2.35. The highest BCUT2D eigenvalue weighted by atomic mass is 19.1. The molecule has 0 saturated carbocycles. The Hall–Kier alpha value is -2.36. The van der Waals surface area contributed by atoms with Gasteiger partial charge in [-0.2, -0.15) is 0 Å². The van der Waals surface area contributed by atoms with Gasteiger partial charge in [-0.25, -0.2) is 4.39 Å². The highest BCUT2D eigenvalue weighted by Crippen LogP contribution is 2.46. The van der Waals surface area contributed by atoms with Gasteiger partial charge in [0.15, 0.2) is 0 Å². The minimum atomic E-state index is -2.15. The average Bonchev–Trinajstić information content (AvgIpc) is 2.71. The smallest absolute Gasteiger partial charge is 0.273 e. The number of hydrogen-bond donors (Lipinski definition) is 0. The Balaban J connectivity index is 2.23. The van der Waals surface area contributed by atoms with Crippen LogP contribution in [0, 0.1) is 0 Å². The third-order valence-electron chi connectivity index (χ3n) is 3.70. The molecule has 1 aliphatic heterocycles. The lowest BCUT2D eigenvalue weighted by Gasteiger charge is -2.20. The van der Waals surface area contributed by atoms with E-state index in [0.717, 1.165) is 0 Å². The summed E-state index contributed by atoms with van der Waals surface area (Å²) in [6.45, 7) is 0. The van der Waals surface area contributed by atoms with E-state index in [1.54, 1.807) is 55.6 Å². The zero-order valence-electron chi connectivity index (χ0n) is 11.3. The summed E-state index contributed by atoms with van der Waals surface area (Å²) in [4.78, 5) is 13.8. The molecular weight excluding hydrogens is 257 g/mol. The minimum Gasteiger partial charge on any atom is -0.497 e. The van der Waals surface area contributed by atoms with Crippen LogP contribution in [0.15, 0.2) is 48.5 Å². The van der Waals surface area contributed by atoms with Crippen molar-refractivity contribution in [2.75, 3.05) is 19.1 Å². The van der Waals surface area contributed by atoms with Crippen molar-refractivity contribution in [1.29, 1.82) is 0 Å². The molecule has 0 saturated heterocycles. The number of methoxy groups -OCH3 is 1. The zero-order valence-corrected chi connectivity index (χ0v) is 11.3. The van der Waals surface area contributed by atoms with E-state index in [1.165, 1.54) is 12.0 Å². The summed E-state index contributed by atoms with van der Waals surface area (Å²) in [5.74, 6) is -0.0497. The Labute approximate surface area is 116 Å². The number of likely N-dealkylation sites (N-methyl/N-ethyl adjacent to an activating group) is 1. The van der Waals surface area contributed by atoms with Gasteiger partial charge in [-0.15, -0.1) is 0 Å². The van der Waals surface area contributed by atoms with Crippen molar-refractivity contribution >= 4 is 11.6 Å². The van der Waals surface area contributed by atoms with Crippen LogP contribution in [0.25, 0.3) is 0 Å². The van der Waals surface area contributed by atoms with Crippen LogP contribution in [0.2, 0.25) is 0 Å². The summed E-state index contributed by atoms with van der Waals surface area (Å²) in [7, 11) is 3.10. The van der Waals surface area contributed by atoms with E-state index in [4.69, 9.17) is 4.74 Å². The first-order valence-corrected chi connectivity index (χ1v) is 6.30. The molecule has 2 aromatic carbocycles.